The highest BCUT2D eigenvalue weighted by molar-refractivity contribution is 7.89. The Hall–Kier alpha value is -1.64. The number of fused-ring (bicyclic) bond motifs is 1. The van der Waals surface area contributed by atoms with Crippen molar-refractivity contribution >= 4 is 16.0 Å². The van der Waals surface area contributed by atoms with Gasteiger partial charge in [0.15, 0.2) is 0 Å². The van der Waals surface area contributed by atoms with Gasteiger partial charge in [0, 0.05) is 25.6 Å². The summed E-state index contributed by atoms with van der Waals surface area (Å²) in [4.78, 5) is 13.0. The van der Waals surface area contributed by atoms with Crippen LogP contribution in [-0.4, -0.2) is 67.5 Å². The first-order valence-corrected chi connectivity index (χ1v) is 10.4. The lowest BCUT2D eigenvalue weighted by atomic mass is 10.1. The highest BCUT2D eigenvalue weighted by atomic mass is 32.2. The first-order valence-electron chi connectivity index (χ1n) is 8.99. The van der Waals surface area contributed by atoms with Gasteiger partial charge in [-0.05, 0) is 57.0 Å². The topological polar surface area (TPSA) is 87.2 Å². The maximum atomic E-state index is 13.1. The molecule has 0 amide bonds. The van der Waals surface area contributed by atoms with E-state index >= 15 is 0 Å². The smallest absolute Gasteiger partial charge is 0.317 e. The van der Waals surface area contributed by atoms with Crippen LogP contribution in [0.25, 0.3) is 0 Å². The van der Waals surface area contributed by atoms with Gasteiger partial charge in [-0.25, -0.2) is 8.42 Å². The maximum Gasteiger partial charge on any atom is 0.317 e. The van der Waals surface area contributed by atoms with Gasteiger partial charge in [0.25, 0.3) is 0 Å². The van der Waals surface area contributed by atoms with E-state index in [0.717, 1.165) is 30.6 Å². The molecule has 144 valence electrons. The second-order valence-corrected chi connectivity index (χ2v) is 9.14. The van der Waals surface area contributed by atoms with Crippen LogP contribution in [0.2, 0.25) is 0 Å². The monoisotopic (exact) mass is 382 g/mol. The minimum absolute atomic E-state index is 0.0274. The molecule has 3 rings (SSSR count). The maximum absolute atomic E-state index is 13.1. The van der Waals surface area contributed by atoms with E-state index in [-0.39, 0.29) is 18.7 Å². The number of hydrogen-bond donors (Lipinski definition) is 1. The average Bonchev–Trinajstić information content (AvgIpc) is 2.77. The minimum Gasteiger partial charge on any atom is -0.490 e. The van der Waals surface area contributed by atoms with Crippen molar-refractivity contribution in [2.75, 3.05) is 26.7 Å². The number of carbonyl (C=O) groups is 1. The van der Waals surface area contributed by atoms with E-state index in [9.17, 15) is 13.2 Å². The Morgan fingerprint density at radius 2 is 2.12 bits per heavy atom. The summed E-state index contributed by atoms with van der Waals surface area (Å²) in [5.41, 5.74) is 0.937. The zero-order valence-electron chi connectivity index (χ0n) is 15.2. The fraction of sp³-hybridized carbons (Fsp3) is 0.611. The Morgan fingerprint density at radius 3 is 2.85 bits per heavy atom. The third-order valence-electron chi connectivity index (χ3n) is 5.17. The molecule has 0 saturated carbocycles. The van der Waals surface area contributed by atoms with Crippen molar-refractivity contribution in [2.24, 2.45) is 0 Å². The molecule has 0 spiro atoms. The summed E-state index contributed by atoms with van der Waals surface area (Å²) in [5, 5.41) is 8.95. The molecule has 26 heavy (non-hydrogen) atoms. The standard InChI is InChI=1S/C18H26N2O5S/c1-13-10-14-11-16(5-6-17(14)25-13)26(23,24)20-8-3-4-15(7-9-20)19(2)12-18(21)22/h5-6,11,13,15H,3-4,7-10,12H2,1-2H3,(H,21,22). The van der Waals surface area contributed by atoms with Gasteiger partial charge < -0.3 is 9.84 Å². The number of aliphatic carboxylic acids is 1. The molecule has 1 fully saturated rings. The van der Waals surface area contributed by atoms with Crippen molar-refractivity contribution in [1.29, 1.82) is 0 Å². The number of carboxylic acid groups (broad SMARTS) is 1. The molecule has 8 heteroatoms. The number of sulfonamides is 1. The molecular formula is C18H26N2O5S. The summed E-state index contributed by atoms with van der Waals surface area (Å²) in [6.07, 6.45) is 2.95. The van der Waals surface area contributed by atoms with Crippen molar-refractivity contribution in [3.8, 4) is 5.75 Å². The Balaban J connectivity index is 1.72. The van der Waals surface area contributed by atoms with Gasteiger partial charge in [0.1, 0.15) is 11.9 Å². The fourth-order valence-electron chi connectivity index (χ4n) is 3.78. The normalized spacial score (nSPS) is 24.1. The van der Waals surface area contributed by atoms with Crippen molar-refractivity contribution in [2.45, 2.75) is 49.6 Å². The third-order valence-corrected chi connectivity index (χ3v) is 7.06. The quantitative estimate of drug-likeness (QED) is 0.832. The zero-order chi connectivity index (χ0) is 18.9. The number of rotatable bonds is 5. The van der Waals surface area contributed by atoms with Crippen LogP contribution in [0, 0.1) is 0 Å². The van der Waals surface area contributed by atoms with Crippen LogP contribution in [0.1, 0.15) is 31.7 Å². The van der Waals surface area contributed by atoms with Crippen LogP contribution in [0.5, 0.6) is 5.75 Å². The van der Waals surface area contributed by atoms with Crippen LogP contribution < -0.4 is 4.74 Å². The third kappa shape index (κ3) is 4.02. The van der Waals surface area contributed by atoms with Gasteiger partial charge in [0.2, 0.25) is 10.0 Å². The molecule has 0 radical (unpaired) electrons. The molecular weight excluding hydrogens is 356 g/mol. The van der Waals surface area contributed by atoms with Crippen molar-refractivity contribution in [1.82, 2.24) is 9.21 Å². The van der Waals surface area contributed by atoms with E-state index in [4.69, 9.17) is 9.84 Å². The second-order valence-electron chi connectivity index (χ2n) is 7.20. The highest BCUT2D eigenvalue weighted by Crippen LogP contribution is 2.32. The number of nitrogens with zero attached hydrogens (tertiary/aromatic N) is 2. The van der Waals surface area contributed by atoms with Crippen LogP contribution in [0.3, 0.4) is 0 Å². The molecule has 2 atom stereocenters. The van der Waals surface area contributed by atoms with Gasteiger partial charge >= 0.3 is 5.97 Å². The molecule has 2 unspecified atom stereocenters. The molecule has 1 N–H and O–H groups in total. The van der Waals surface area contributed by atoms with E-state index in [1.807, 2.05) is 6.92 Å². The van der Waals surface area contributed by atoms with Crippen molar-refractivity contribution < 1.29 is 23.1 Å². The molecule has 0 bridgehead atoms. The Bertz CT molecular complexity index is 780. The number of benzene rings is 1. The SMILES string of the molecule is CC1Cc2cc(S(=O)(=O)N3CCCC(N(C)CC(=O)O)CC3)ccc2O1. The number of hydrogen-bond acceptors (Lipinski definition) is 5. The highest BCUT2D eigenvalue weighted by Gasteiger charge is 2.30. The largest absolute Gasteiger partial charge is 0.490 e. The van der Waals surface area contributed by atoms with Crippen molar-refractivity contribution in [3.63, 3.8) is 0 Å². The predicted molar refractivity (Wildman–Crippen MR) is 96.9 cm³/mol. The first-order chi connectivity index (χ1) is 12.3. The fourth-order valence-corrected chi connectivity index (χ4v) is 5.33. The van der Waals surface area contributed by atoms with E-state index in [1.54, 1.807) is 30.1 Å². The minimum atomic E-state index is -3.55. The Labute approximate surface area is 154 Å². The number of likely N-dealkylation sites (N-methyl/N-ethyl adjacent to an activating group) is 1. The Morgan fingerprint density at radius 1 is 1.35 bits per heavy atom. The van der Waals surface area contributed by atoms with Crippen LogP contribution in [0.4, 0.5) is 0 Å². The molecule has 1 saturated heterocycles. The van der Waals surface area contributed by atoms with Crippen LogP contribution >= 0.6 is 0 Å². The molecule has 7 nitrogen and oxygen atoms in total. The number of carboxylic acids is 1. The zero-order valence-corrected chi connectivity index (χ0v) is 16.0. The van der Waals surface area contributed by atoms with E-state index in [1.165, 1.54) is 4.31 Å². The van der Waals surface area contributed by atoms with Gasteiger partial charge in [-0.15, -0.1) is 0 Å². The molecule has 2 aliphatic rings. The van der Waals surface area contributed by atoms with Gasteiger partial charge in [0.05, 0.1) is 11.4 Å². The predicted octanol–water partition coefficient (Wildman–Crippen LogP) is 1.57. The lowest BCUT2D eigenvalue weighted by molar-refractivity contribution is -0.138. The average molecular weight is 382 g/mol. The van der Waals surface area contributed by atoms with Gasteiger partial charge in [-0.3, -0.25) is 9.69 Å². The van der Waals surface area contributed by atoms with Gasteiger partial charge in [-0.2, -0.15) is 4.31 Å². The van der Waals surface area contributed by atoms with E-state index < -0.39 is 16.0 Å². The molecule has 1 aromatic carbocycles. The summed E-state index contributed by atoms with van der Waals surface area (Å²) < 4.78 is 33.3. The van der Waals surface area contributed by atoms with Gasteiger partial charge in [-0.1, -0.05) is 0 Å². The molecule has 2 heterocycles. The Kier molecular flexibility index (Phi) is 5.55. The molecule has 1 aromatic rings. The van der Waals surface area contributed by atoms with Crippen LogP contribution in [-0.2, 0) is 21.2 Å². The molecule has 2 aliphatic heterocycles. The molecule has 0 aromatic heterocycles. The van der Waals surface area contributed by atoms with Crippen molar-refractivity contribution in [3.05, 3.63) is 23.8 Å². The second kappa shape index (κ2) is 7.54. The first kappa shape index (κ1) is 19.1. The lowest BCUT2D eigenvalue weighted by Crippen LogP contribution is -2.37. The number of ether oxygens (including phenoxy) is 1. The lowest BCUT2D eigenvalue weighted by Gasteiger charge is -2.25. The summed E-state index contributed by atoms with van der Waals surface area (Å²) >= 11 is 0. The van der Waals surface area contributed by atoms with E-state index in [2.05, 4.69) is 0 Å². The summed E-state index contributed by atoms with van der Waals surface area (Å²) in [6.45, 7) is 2.81. The molecule has 0 aliphatic carbocycles. The summed E-state index contributed by atoms with van der Waals surface area (Å²) in [7, 11) is -1.77. The van der Waals surface area contributed by atoms with E-state index in [0.29, 0.717) is 24.4 Å². The summed E-state index contributed by atoms with van der Waals surface area (Å²) in [5.74, 6) is -0.0986. The van der Waals surface area contributed by atoms with Crippen LogP contribution in [0.15, 0.2) is 23.1 Å². The summed E-state index contributed by atoms with van der Waals surface area (Å²) in [6, 6.07) is 5.17.